The number of nitrogens with one attached hydrogen (secondary N) is 1. The van der Waals surface area contributed by atoms with E-state index in [1.165, 1.54) is 17.0 Å². The van der Waals surface area contributed by atoms with E-state index in [4.69, 9.17) is 0 Å². The zero-order valence-corrected chi connectivity index (χ0v) is 17.8. The molecule has 1 saturated heterocycles. The molecule has 1 fully saturated rings. The standard InChI is InChI=1S/C24H27N3OS/c1-3-26-12-14-27(15-13-26)20-9-10-22(18(2)17-20)25-24(28)23-21(11-16-29-23)19-7-5-4-6-8-19/h4-11,16-17H,3,12-15H2,1-2H3,(H,25,28). The van der Waals surface area contributed by atoms with Crippen LogP contribution in [0.5, 0.6) is 0 Å². The predicted octanol–water partition coefficient (Wildman–Crippen LogP) is 5.12. The molecule has 0 atom stereocenters. The number of likely N-dealkylation sites (N-methyl/N-ethyl adjacent to an activating group) is 1. The first-order valence-electron chi connectivity index (χ1n) is 10.2. The van der Waals surface area contributed by atoms with Gasteiger partial charge in [0.15, 0.2) is 0 Å². The molecular formula is C24H27N3OS. The lowest BCUT2D eigenvalue weighted by Gasteiger charge is -2.35. The van der Waals surface area contributed by atoms with Crippen LogP contribution in [0.3, 0.4) is 0 Å². The molecule has 1 aliphatic rings. The molecule has 2 heterocycles. The van der Waals surface area contributed by atoms with E-state index >= 15 is 0 Å². The molecule has 1 aliphatic heterocycles. The average molecular weight is 406 g/mol. The van der Waals surface area contributed by atoms with E-state index < -0.39 is 0 Å². The van der Waals surface area contributed by atoms with Gasteiger partial charge in [0.05, 0.1) is 4.88 Å². The maximum atomic E-state index is 13.0. The Labute approximate surface area is 176 Å². The summed E-state index contributed by atoms with van der Waals surface area (Å²) in [5.41, 5.74) is 5.25. The van der Waals surface area contributed by atoms with Crippen molar-refractivity contribution in [3.05, 3.63) is 70.4 Å². The minimum absolute atomic E-state index is 0.0498. The number of nitrogens with zero attached hydrogens (tertiary/aromatic N) is 2. The van der Waals surface area contributed by atoms with Crippen molar-refractivity contribution >= 4 is 28.6 Å². The first-order valence-corrected chi connectivity index (χ1v) is 11.1. The summed E-state index contributed by atoms with van der Waals surface area (Å²) in [7, 11) is 0. The highest BCUT2D eigenvalue weighted by molar-refractivity contribution is 7.12. The maximum absolute atomic E-state index is 13.0. The molecular weight excluding hydrogens is 378 g/mol. The fourth-order valence-corrected chi connectivity index (χ4v) is 4.63. The van der Waals surface area contributed by atoms with Gasteiger partial charge in [-0.15, -0.1) is 11.3 Å². The van der Waals surface area contributed by atoms with Gasteiger partial charge in [0, 0.05) is 43.1 Å². The van der Waals surface area contributed by atoms with Crippen LogP contribution >= 0.6 is 11.3 Å². The van der Waals surface area contributed by atoms with E-state index in [9.17, 15) is 4.79 Å². The van der Waals surface area contributed by atoms with Crippen LogP contribution in [0.2, 0.25) is 0 Å². The van der Waals surface area contributed by atoms with E-state index in [1.54, 1.807) is 0 Å². The van der Waals surface area contributed by atoms with Gasteiger partial charge in [-0.25, -0.2) is 0 Å². The molecule has 2 aromatic carbocycles. The van der Waals surface area contributed by atoms with Crippen molar-refractivity contribution in [2.75, 3.05) is 42.9 Å². The van der Waals surface area contributed by atoms with Gasteiger partial charge in [0.25, 0.3) is 5.91 Å². The summed E-state index contributed by atoms with van der Waals surface area (Å²) in [6.07, 6.45) is 0. The Kier molecular flexibility index (Phi) is 5.97. The molecule has 0 saturated carbocycles. The number of carbonyl (C=O) groups excluding carboxylic acids is 1. The zero-order valence-electron chi connectivity index (χ0n) is 17.0. The highest BCUT2D eigenvalue weighted by atomic mass is 32.1. The van der Waals surface area contributed by atoms with Gasteiger partial charge in [0.1, 0.15) is 0 Å². The van der Waals surface area contributed by atoms with E-state index in [1.807, 2.05) is 47.8 Å². The number of thiophene rings is 1. The van der Waals surface area contributed by atoms with Crippen molar-refractivity contribution in [3.63, 3.8) is 0 Å². The number of piperazine rings is 1. The highest BCUT2D eigenvalue weighted by Gasteiger charge is 2.18. The SMILES string of the molecule is CCN1CCN(c2ccc(NC(=O)c3sccc3-c3ccccc3)c(C)c2)CC1. The first-order chi connectivity index (χ1) is 14.2. The van der Waals surface area contributed by atoms with Crippen molar-refractivity contribution < 1.29 is 4.79 Å². The van der Waals surface area contributed by atoms with Crippen LogP contribution in [-0.4, -0.2) is 43.5 Å². The van der Waals surface area contributed by atoms with Gasteiger partial charge in [-0.3, -0.25) is 4.79 Å². The summed E-state index contributed by atoms with van der Waals surface area (Å²) in [6.45, 7) is 9.71. The van der Waals surface area contributed by atoms with E-state index in [0.29, 0.717) is 0 Å². The second-order valence-electron chi connectivity index (χ2n) is 7.40. The number of hydrogen-bond acceptors (Lipinski definition) is 4. The first kappa shape index (κ1) is 19.7. The number of aryl methyl sites for hydroxylation is 1. The Balaban J connectivity index is 1.48. The summed E-state index contributed by atoms with van der Waals surface area (Å²) >= 11 is 1.48. The summed E-state index contributed by atoms with van der Waals surface area (Å²) in [4.78, 5) is 18.6. The van der Waals surface area contributed by atoms with Crippen LogP contribution in [0.1, 0.15) is 22.2 Å². The normalized spacial score (nSPS) is 14.8. The molecule has 150 valence electrons. The predicted molar refractivity (Wildman–Crippen MR) is 123 cm³/mol. The van der Waals surface area contributed by atoms with Crippen molar-refractivity contribution in [1.29, 1.82) is 0 Å². The van der Waals surface area contributed by atoms with Crippen molar-refractivity contribution in [2.45, 2.75) is 13.8 Å². The second-order valence-corrected chi connectivity index (χ2v) is 8.32. The number of hydrogen-bond donors (Lipinski definition) is 1. The summed E-state index contributed by atoms with van der Waals surface area (Å²) in [6, 6.07) is 18.4. The van der Waals surface area contributed by atoms with Crippen LogP contribution < -0.4 is 10.2 Å². The van der Waals surface area contributed by atoms with Gasteiger partial charge in [0.2, 0.25) is 0 Å². The molecule has 1 amide bonds. The number of carbonyl (C=O) groups is 1. The largest absolute Gasteiger partial charge is 0.369 e. The molecule has 0 bridgehead atoms. The molecule has 3 aromatic rings. The van der Waals surface area contributed by atoms with Gasteiger partial charge in [-0.1, -0.05) is 37.3 Å². The Bertz CT molecular complexity index is 975. The minimum atomic E-state index is -0.0498. The van der Waals surface area contributed by atoms with E-state index in [2.05, 4.69) is 41.1 Å². The topological polar surface area (TPSA) is 35.6 Å². The fraction of sp³-hybridized carbons (Fsp3) is 0.292. The van der Waals surface area contributed by atoms with Crippen LogP contribution in [-0.2, 0) is 0 Å². The molecule has 1 N–H and O–H groups in total. The number of rotatable bonds is 5. The monoisotopic (exact) mass is 405 g/mol. The molecule has 0 aliphatic carbocycles. The Morgan fingerprint density at radius 2 is 1.79 bits per heavy atom. The van der Waals surface area contributed by atoms with Gasteiger partial charge >= 0.3 is 0 Å². The molecule has 4 nitrogen and oxygen atoms in total. The Morgan fingerprint density at radius 1 is 1.03 bits per heavy atom. The lowest BCUT2D eigenvalue weighted by molar-refractivity contribution is 0.103. The van der Waals surface area contributed by atoms with E-state index in [0.717, 1.165) is 60.0 Å². The minimum Gasteiger partial charge on any atom is -0.369 e. The molecule has 0 radical (unpaired) electrons. The van der Waals surface area contributed by atoms with Crippen LogP contribution in [0.15, 0.2) is 60.0 Å². The second kappa shape index (κ2) is 8.80. The summed E-state index contributed by atoms with van der Waals surface area (Å²) in [5, 5.41) is 5.09. The van der Waals surface area contributed by atoms with Crippen LogP contribution in [0.25, 0.3) is 11.1 Å². The van der Waals surface area contributed by atoms with Gasteiger partial charge in [-0.2, -0.15) is 0 Å². The zero-order chi connectivity index (χ0) is 20.2. The third kappa shape index (κ3) is 4.36. The lowest BCUT2D eigenvalue weighted by atomic mass is 10.1. The number of benzene rings is 2. The smallest absolute Gasteiger partial charge is 0.266 e. The Morgan fingerprint density at radius 3 is 2.48 bits per heavy atom. The quantitative estimate of drug-likeness (QED) is 0.640. The van der Waals surface area contributed by atoms with Gasteiger partial charge in [-0.05, 0) is 54.2 Å². The van der Waals surface area contributed by atoms with Crippen LogP contribution in [0.4, 0.5) is 11.4 Å². The van der Waals surface area contributed by atoms with E-state index in [-0.39, 0.29) is 5.91 Å². The molecule has 0 spiro atoms. The van der Waals surface area contributed by atoms with Crippen LogP contribution in [0, 0.1) is 6.92 Å². The molecule has 1 aromatic heterocycles. The van der Waals surface area contributed by atoms with Crippen molar-refractivity contribution in [3.8, 4) is 11.1 Å². The average Bonchev–Trinajstić information content (AvgIpc) is 3.26. The third-order valence-corrected chi connectivity index (χ3v) is 6.51. The number of amides is 1. The summed E-state index contributed by atoms with van der Waals surface area (Å²) in [5.74, 6) is -0.0498. The van der Waals surface area contributed by atoms with Crippen molar-refractivity contribution in [1.82, 2.24) is 4.90 Å². The maximum Gasteiger partial charge on any atom is 0.266 e. The fourth-order valence-electron chi connectivity index (χ4n) is 3.82. The number of anilines is 2. The third-order valence-electron chi connectivity index (χ3n) is 5.60. The molecule has 29 heavy (non-hydrogen) atoms. The Hall–Kier alpha value is -2.63. The van der Waals surface area contributed by atoms with Crippen molar-refractivity contribution in [2.24, 2.45) is 0 Å². The molecule has 5 heteroatoms. The van der Waals surface area contributed by atoms with Gasteiger partial charge < -0.3 is 15.1 Å². The lowest BCUT2D eigenvalue weighted by Crippen LogP contribution is -2.46. The molecule has 4 rings (SSSR count). The summed E-state index contributed by atoms with van der Waals surface area (Å²) < 4.78 is 0. The molecule has 0 unspecified atom stereocenters. The highest BCUT2D eigenvalue weighted by Crippen LogP contribution is 2.30.